The molecule has 3 rings (SSSR count). The van der Waals surface area contributed by atoms with E-state index in [1.807, 2.05) is 0 Å². The van der Waals surface area contributed by atoms with Gasteiger partial charge in [-0.05, 0) is 41.8 Å². The molecule has 0 saturated carbocycles. The standard InChI is InChI=1S/C14H19N3O2S/c18-13-8-17(6-4-15-13)14(19)9-16-5-1-2-12(16)11-3-7-20-10-11/h3,7,10,12H,1-2,4-6,8-9H2,(H,15,18). The van der Waals surface area contributed by atoms with E-state index in [1.54, 1.807) is 16.2 Å². The first-order valence-corrected chi connectivity index (χ1v) is 7.99. The lowest BCUT2D eigenvalue weighted by Gasteiger charge is -2.30. The minimum absolute atomic E-state index is 0.0552. The first kappa shape index (κ1) is 13.6. The van der Waals surface area contributed by atoms with Crippen LogP contribution in [0.3, 0.4) is 0 Å². The van der Waals surface area contributed by atoms with Crippen LogP contribution in [0.4, 0.5) is 0 Å². The Morgan fingerprint density at radius 2 is 2.35 bits per heavy atom. The largest absolute Gasteiger partial charge is 0.353 e. The smallest absolute Gasteiger partial charge is 0.239 e. The SMILES string of the molecule is O=C1CN(C(=O)CN2CCCC2c2ccsc2)CCN1. The van der Waals surface area contributed by atoms with Crippen LogP contribution >= 0.6 is 11.3 Å². The fourth-order valence-corrected chi connectivity index (χ4v) is 3.69. The number of nitrogens with zero attached hydrogens (tertiary/aromatic N) is 2. The van der Waals surface area contributed by atoms with Gasteiger partial charge in [0.05, 0.1) is 13.1 Å². The molecule has 0 radical (unpaired) electrons. The highest BCUT2D eigenvalue weighted by Gasteiger charge is 2.30. The molecule has 20 heavy (non-hydrogen) atoms. The number of nitrogens with one attached hydrogen (secondary N) is 1. The summed E-state index contributed by atoms with van der Waals surface area (Å²) >= 11 is 1.70. The van der Waals surface area contributed by atoms with Crippen molar-refractivity contribution in [1.29, 1.82) is 0 Å². The van der Waals surface area contributed by atoms with Gasteiger partial charge >= 0.3 is 0 Å². The highest BCUT2D eigenvalue weighted by Crippen LogP contribution is 2.32. The zero-order valence-corrected chi connectivity index (χ0v) is 12.2. The number of likely N-dealkylation sites (tertiary alicyclic amines) is 1. The number of thiophene rings is 1. The maximum Gasteiger partial charge on any atom is 0.239 e. The molecule has 2 fully saturated rings. The minimum atomic E-state index is -0.0552. The lowest BCUT2D eigenvalue weighted by Crippen LogP contribution is -2.52. The van der Waals surface area contributed by atoms with E-state index in [-0.39, 0.29) is 18.4 Å². The Morgan fingerprint density at radius 1 is 1.45 bits per heavy atom. The van der Waals surface area contributed by atoms with Crippen LogP contribution in [-0.4, -0.2) is 54.3 Å². The quantitative estimate of drug-likeness (QED) is 0.898. The van der Waals surface area contributed by atoms with Gasteiger partial charge in [-0.15, -0.1) is 0 Å². The number of rotatable bonds is 3. The molecule has 1 aromatic rings. The molecule has 5 nitrogen and oxygen atoms in total. The molecule has 2 amide bonds. The van der Waals surface area contributed by atoms with Gasteiger partial charge in [-0.25, -0.2) is 0 Å². The van der Waals surface area contributed by atoms with Crippen LogP contribution in [0.15, 0.2) is 16.8 Å². The molecule has 1 atom stereocenters. The number of piperazine rings is 1. The van der Waals surface area contributed by atoms with Crippen LogP contribution < -0.4 is 5.32 Å². The van der Waals surface area contributed by atoms with Crippen molar-refractivity contribution in [3.8, 4) is 0 Å². The fourth-order valence-electron chi connectivity index (χ4n) is 2.98. The van der Waals surface area contributed by atoms with Crippen molar-refractivity contribution in [2.24, 2.45) is 0 Å². The number of carbonyl (C=O) groups excluding carboxylic acids is 2. The van der Waals surface area contributed by atoms with E-state index in [2.05, 4.69) is 27.0 Å². The summed E-state index contributed by atoms with van der Waals surface area (Å²) in [6, 6.07) is 2.51. The van der Waals surface area contributed by atoms with Gasteiger partial charge in [0.15, 0.2) is 0 Å². The van der Waals surface area contributed by atoms with Crippen LogP contribution in [0, 0.1) is 0 Å². The lowest BCUT2D eigenvalue weighted by atomic mass is 10.1. The van der Waals surface area contributed by atoms with Gasteiger partial charge in [0.2, 0.25) is 11.8 Å². The summed E-state index contributed by atoms with van der Waals surface area (Å²) in [6.45, 7) is 2.79. The zero-order chi connectivity index (χ0) is 13.9. The van der Waals surface area contributed by atoms with E-state index in [1.165, 1.54) is 5.56 Å². The van der Waals surface area contributed by atoms with E-state index in [9.17, 15) is 9.59 Å². The van der Waals surface area contributed by atoms with Gasteiger partial charge in [-0.2, -0.15) is 11.3 Å². The van der Waals surface area contributed by atoms with E-state index >= 15 is 0 Å². The molecule has 6 heteroatoms. The van der Waals surface area contributed by atoms with E-state index in [0.717, 1.165) is 19.4 Å². The van der Waals surface area contributed by atoms with Crippen molar-refractivity contribution in [1.82, 2.24) is 15.1 Å². The summed E-state index contributed by atoms with van der Waals surface area (Å²) < 4.78 is 0. The molecule has 0 spiro atoms. The van der Waals surface area contributed by atoms with Crippen LogP contribution in [0.1, 0.15) is 24.4 Å². The van der Waals surface area contributed by atoms with Gasteiger partial charge in [-0.1, -0.05) is 0 Å². The molecule has 0 aromatic carbocycles. The zero-order valence-electron chi connectivity index (χ0n) is 11.4. The third-order valence-electron chi connectivity index (χ3n) is 4.02. The van der Waals surface area contributed by atoms with Crippen LogP contribution in [0.25, 0.3) is 0 Å². The summed E-state index contributed by atoms with van der Waals surface area (Å²) in [7, 11) is 0. The molecule has 0 aliphatic carbocycles. The minimum Gasteiger partial charge on any atom is -0.353 e. The molecular formula is C14H19N3O2S. The van der Waals surface area contributed by atoms with Gasteiger partial charge in [-0.3, -0.25) is 14.5 Å². The molecule has 1 aromatic heterocycles. The molecule has 1 unspecified atom stereocenters. The first-order valence-electron chi connectivity index (χ1n) is 7.04. The number of hydrogen-bond donors (Lipinski definition) is 1. The molecule has 108 valence electrons. The van der Waals surface area contributed by atoms with Gasteiger partial charge in [0.25, 0.3) is 0 Å². The summed E-state index contributed by atoms with van der Waals surface area (Å²) in [5, 5.41) is 7.00. The second-order valence-electron chi connectivity index (χ2n) is 5.35. The normalized spacial score (nSPS) is 23.9. The third-order valence-corrected chi connectivity index (χ3v) is 4.72. The Hall–Kier alpha value is -1.40. The van der Waals surface area contributed by atoms with Crippen LogP contribution in [-0.2, 0) is 9.59 Å². The predicted octanol–water partition coefficient (Wildman–Crippen LogP) is 0.843. The van der Waals surface area contributed by atoms with Gasteiger partial charge in [0.1, 0.15) is 0 Å². The molecule has 1 N–H and O–H groups in total. The molecule has 3 heterocycles. The average molecular weight is 293 g/mol. The Bertz CT molecular complexity index is 489. The van der Waals surface area contributed by atoms with Crippen LogP contribution in [0.2, 0.25) is 0 Å². The predicted molar refractivity (Wildman–Crippen MR) is 77.5 cm³/mol. The van der Waals surface area contributed by atoms with Crippen molar-refractivity contribution in [2.45, 2.75) is 18.9 Å². The van der Waals surface area contributed by atoms with Gasteiger partial charge < -0.3 is 10.2 Å². The maximum atomic E-state index is 12.3. The number of carbonyl (C=O) groups is 2. The Kier molecular flexibility index (Phi) is 4.03. The molecule has 2 aliphatic heterocycles. The van der Waals surface area contributed by atoms with E-state index in [4.69, 9.17) is 0 Å². The Morgan fingerprint density at radius 3 is 3.10 bits per heavy atom. The highest BCUT2D eigenvalue weighted by atomic mass is 32.1. The topological polar surface area (TPSA) is 52.7 Å². The summed E-state index contributed by atoms with van der Waals surface area (Å²) in [5.74, 6) is 0.0161. The molecular weight excluding hydrogens is 274 g/mol. The maximum absolute atomic E-state index is 12.3. The van der Waals surface area contributed by atoms with Crippen molar-refractivity contribution in [2.75, 3.05) is 32.7 Å². The average Bonchev–Trinajstić information content (AvgIpc) is 3.08. The molecule has 2 aliphatic rings. The Balaban J connectivity index is 1.61. The number of amides is 2. The van der Waals surface area contributed by atoms with Gasteiger partial charge in [0, 0.05) is 19.1 Å². The van der Waals surface area contributed by atoms with E-state index in [0.29, 0.717) is 25.7 Å². The van der Waals surface area contributed by atoms with Crippen molar-refractivity contribution in [3.63, 3.8) is 0 Å². The highest BCUT2D eigenvalue weighted by molar-refractivity contribution is 7.07. The second kappa shape index (κ2) is 5.93. The van der Waals surface area contributed by atoms with Crippen molar-refractivity contribution in [3.05, 3.63) is 22.4 Å². The fraction of sp³-hybridized carbons (Fsp3) is 0.571. The first-order chi connectivity index (χ1) is 9.74. The summed E-state index contributed by atoms with van der Waals surface area (Å²) in [4.78, 5) is 27.6. The second-order valence-corrected chi connectivity index (χ2v) is 6.13. The Labute approximate surface area is 122 Å². The van der Waals surface area contributed by atoms with Crippen molar-refractivity contribution >= 4 is 23.2 Å². The lowest BCUT2D eigenvalue weighted by molar-refractivity contribution is -0.139. The molecule has 2 saturated heterocycles. The third kappa shape index (κ3) is 2.86. The molecule has 0 bridgehead atoms. The van der Waals surface area contributed by atoms with Crippen LogP contribution in [0.5, 0.6) is 0 Å². The summed E-state index contributed by atoms with van der Waals surface area (Å²) in [6.07, 6.45) is 2.25. The van der Waals surface area contributed by atoms with Crippen molar-refractivity contribution < 1.29 is 9.59 Å². The van der Waals surface area contributed by atoms with E-state index < -0.39 is 0 Å². The monoisotopic (exact) mass is 293 g/mol. The number of hydrogen-bond acceptors (Lipinski definition) is 4. The summed E-state index contributed by atoms with van der Waals surface area (Å²) in [5.41, 5.74) is 1.32.